The first-order chi connectivity index (χ1) is 11.1. The number of hydrogen-bond acceptors (Lipinski definition) is 5. The zero-order valence-electron chi connectivity index (χ0n) is 11.9. The van der Waals surface area contributed by atoms with Crippen molar-refractivity contribution >= 4 is 26.9 Å². The van der Waals surface area contributed by atoms with Crippen LogP contribution < -0.4 is 0 Å². The number of hydrogen-bond donors (Lipinski definition) is 0. The van der Waals surface area contributed by atoms with Crippen LogP contribution in [0.15, 0.2) is 70.6 Å². The summed E-state index contributed by atoms with van der Waals surface area (Å²) in [5.41, 5.74) is 1.66. The second-order valence-corrected chi connectivity index (χ2v) is 6.64. The monoisotopic (exact) mass is 321 g/mol. The van der Waals surface area contributed by atoms with Crippen LogP contribution in [0.3, 0.4) is 0 Å². The molecule has 0 unspecified atom stereocenters. The molecular weight excluding hydrogens is 310 g/mol. The summed E-state index contributed by atoms with van der Waals surface area (Å²) in [6, 6.07) is 16.8. The quantitative estimate of drug-likeness (QED) is 0.692. The Kier molecular flexibility index (Phi) is 3.87. The van der Waals surface area contributed by atoms with Crippen LogP contribution in [0.1, 0.15) is 5.69 Å². The van der Waals surface area contributed by atoms with Gasteiger partial charge in [-0.25, -0.2) is 13.4 Å². The number of para-hydroxylation sites is 2. The smallest absolute Gasteiger partial charge is 0.216 e. The number of benzene rings is 2. The minimum Gasteiger partial charge on any atom is -0.252 e. The molecule has 0 bridgehead atoms. The van der Waals surface area contributed by atoms with Gasteiger partial charge in [0.15, 0.2) is 4.91 Å². The molecule has 6 heteroatoms. The molecule has 3 rings (SSSR count). The Morgan fingerprint density at radius 1 is 1.00 bits per heavy atom. The van der Waals surface area contributed by atoms with E-state index in [0.29, 0.717) is 16.7 Å². The first-order valence-corrected chi connectivity index (χ1v) is 8.23. The van der Waals surface area contributed by atoms with Gasteiger partial charge in [0.2, 0.25) is 9.84 Å². The summed E-state index contributed by atoms with van der Waals surface area (Å²) in [6.45, 7) is 0. The van der Waals surface area contributed by atoms with E-state index in [1.807, 2.05) is 18.2 Å². The molecule has 0 amide bonds. The number of aromatic nitrogens is 2. The molecule has 0 aliphatic rings. The van der Waals surface area contributed by atoms with Crippen molar-refractivity contribution in [2.75, 3.05) is 0 Å². The Labute approximate surface area is 133 Å². The maximum absolute atomic E-state index is 12.5. The third-order valence-electron chi connectivity index (χ3n) is 3.20. The fraction of sp³-hybridized carbons (Fsp3) is 0. The van der Waals surface area contributed by atoms with Gasteiger partial charge in [0.25, 0.3) is 0 Å². The number of sulfone groups is 1. The molecule has 3 aromatic rings. The van der Waals surface area contributed by atoms with Gasteiger partial charge in [-0.05, 0) is 30.3 Å². The van der Waals surface area contributed by atoms with Crippen LogP contribution in [0.25, 0.3) is 17.1 Å². The van der Waals surface area contributed by atoms with Crippen LogP contribution in [0.2, 0.25) is 0 Å². The summed E-state index contributed by atoms with van der Waals surface area (Å²) in [5.74, 6) is 0. The molecule has 2 aromatic carbocycles. The fourth-order valence-electron chi connectivity index (χ4n) is 2.07. The molecule has 1 aromatic heterocycles. The van der Waals surface area contributed by atoms with Gasteiger partial charge >= 0.3 is 0 Å². The van der Waals surface area contributed by atoms with E-state index in [1.54, 1.807) is 30.3 Å². The van der Waals surface area contributed by atoms with Crippen LogP contribution in [-0.2, 0) is 9.84 Å². The van der Waals surface area contributed by atoms with Gasteiger partial charge in [0.1, 0.15) is 6.07 Å². The average Bonchev–Trinajstić information content (AvgIpc) is 2.60. The average molecular weight is 321 g/mol. The Hall–Kier alpha value is -3.04. The van der Waals surface area contributed by atoms with Crippen LogP contribution in [0.4, 0.5) is 0 Å². The summed E-state index contributed by atoms with van der Waals surface area (Å²) in [5, 5.41) is 9.25. The molecule has 1 heterocycles. The zero-order valence-corrected chi connectivity index (χ0v) is 12.7. The molecule has 0 spiro atoms. The standard InChI is InChI=1S/C17H11N3O2S/c18-11-15(23(21,22)14-6-2-1-3-7-14)10-13-12-19-16-8-4-5-9-17(16)20-13/h1-10,12H. The molecule has 0 atom stereocenters. The van der Waals surface area contributed by atoms with E-state index in [4.69, 9.17) is 0 Å². The van der Waals surface area contributed by atoms with Crippen molar-refractivity contribution in [2.45, 2.75) is 4.90 Å². The topological polar surface area (TPSA) is 83.7 Å². The summed E-state index contributed by atoms with van der Waals surface area (Å²) in [4.78, 5) is 8.23. The molecule has 0 radical (unpaired) electrons. The fourth-order valence-corrected chi connectivity index (χ4v) is 3.24. The number of nitriles is 1. The molecule has 0 fully saturated rings. The van der Waals surface area contributed by atoms with Crippen molar-refractivity contribution in [3.8, 4) is 6.07 Å². The van der Waals surface area contributed by atoms with Crippen molar-refractivity contribution in [1.29, 1.82) is 5.26 Å². The minimum absolute atomic E-state index is 0.0709. The Morgan fingerprint density at radius 2 is 1.65 bits per heavy atom. The molecular formula is C17H11N3O2S. The lowest BCUT2D eigenvalue weighted by molar-refractivity contribution is 0.603. The molecule has 0 saturated heterocycles. The zero-order chi connectivity index (χ0) is 16.3. The molecule has 23 heavy (non-hydrogen) atoms. The second kappa shape index (κ2) is 5.99. The summed E-state index contributed by atoms with van der Waals surface area (Å²) < 4.78 is 25.0. The van der Waals surface area contributed by atoms with Gasteiger partial charge in [-0.2, -0.15) is 5.26 Å². The van der Waals surface area contributed by atoms with Crippen molar-refractivity contribution in [2.24, 2.45) is 0 Å². The van der Waals surface area contributed by atoms with Gasteiger partial charge in [-0.1, -0.05) is 30.3 Å². The van der Waals surface area contributed by atoms with E-state index in [2.05, 4.69) is 9.97 Å². The van der Waals surface area contributed by atoms with Crippen LogP contribution in [-0.4, -0.2) is 18.4 Å². The largest absolute Gasteiger partial charge is 0.252 e. The molecule has 112 valence electrons. The van der Waals surface area contributed by atoms with Crippen LogP contribution >= 0.6 is 0 Å². The van der Waals surface area contributed by atoms with E-state index in [0.717, 1.165) is 0 Å². The predicted octanol–water partition coefficient (Wildman–Crippen LogP) is 2.97. The summed E-state index contributed by atoms with van der Waals surface area (Å²) >= 11 is 0. The first kappa shape index (κ1) is 14.9. The van der Waals surface area contributed by atoms with Gasteiger partial charge < -0.3 is 0 Å². The third-order valence-corrected chi connectivity index (χ3v) is 4.88. The molecule has 0 N–H and O–H groups in total. The van der Waals surface area contributed by atoms with Gasteiger partial charge in [-0.15, -0.1) is 0 Å². The predicted molar refractivity (Wildman–Crippen MR) is 86.8 cm³/mol. The van der Waals surface area contributed by atoms with Crippen LogP contribution in [0, 0.1) is 11.3 Å². The highest BCUT2D eigenvalue weighted by atomic mass is 32.2. The maximum atomic E-state index is 12.5. The number of rotatable bonds is 3. The summed E-state index contributed by atoms with van der Waals surface area (Å²) in [7, 11) is -3.87. The molecule has 5 nitrogen and oxygen atoms in total. The normalized spacial score (nSPS) is 12.0. The Bertz CT molecular complexity index is 1040. The van der Waals surface area contributed by atoms with E-state index in [-0.39, 0.29) is 9.80 Å². The SMILES string of the molecule is N#CC(=Cc1cnc2ccccc2n1)S(=O)(=O)c1ccccc1. The number of fused-ring (bicyclic) bond motifs is 1. The van der Waals surface area contributed by atoms with Gasteiger partial charge in [-0.3, -0.25) is 4.98 Å². The Morgan fingerprint density at radius 3 is 2.35 bits per heavy atom. The third kappa shape index (κ3) is 2.96. The number of allylic oxidation sites excluding steroid dienone is 1. The van der Waals surface area contributed by atoms with E-state index in [9.17, 15) is 13.7 Å². The van der Waals surface area contributed by atoms with Gasteiger partial charge in [0, 0.05) is 0 Å². The lowest BCUT2D eigenvalue weighted by atomic mass is 10.3. The highest BCUT2D eigenvalue weighted by molar-refractivity contribution is 7.95. The second-order valence-electron chi connectivity index (χ2n) is 4.72. The van der Waals surface area contributed by atoms with Crippen molar-refractivity contribution < 1.29 is 8.42 Å². The van der Waals surface area contributed by atoms with E-state index in [1.165, 1.54) is 24.4 Å². The number of nitrogens with zero attached hydrogens (tertiary/aromatic N) is 3. The lowest BCUT2D eigenvalue weighted by Crippen LogP contribution is -2.03. The highest BCUT2D eigenvalue weighted by Crippen LogP contribution is 2.20. The van der Waals surface area contributed by atoms with Crippen molar-refractivity contribution in [3.05, 3.63) is 71.4 Å². The van der Waals surface area contributed by atoms with Gasteiger partial charge in [0.05, 0.1) is 27.8 Å². The van der Waals surface area contributed by atoms with Crippen molar-refractivity contribution in [1.82, 2.24) is 9.97 Å². The first-order valence-electron chi connectivity index (χ1n) is 6.75. The molecule has 0 aliphatic carbocycles. The van der Waals surface area contributed by atoms with Crippen molar-refractivity contribution in [3.63, 3.8) is 0 Å². The summed E-state index contributed by atoms with van der Waals surface area (Å²) in [6.07, 6.45) is 2.68. The minimum atomic E-state index is -3.87. The Balaban J connectivity index is 2.09. The van der Waals surface area contributed by atoms with E-state index >= 15 is 0 Å². The highest BCUT2D eigenvalue weighted by Gasteiger charge is 2.20. The molecule has 0 saturated carbocycles. The lowest BCUT2D eigenvalue weighted by Gasteiger charge is -2.03. The van der Waals surface area contributed by atoms with E-state index < -0.39 is 9.84 Å². The van der Waals surface area contributed by atoms with Crippen LogP contribution in [0.5, 0.6) is 0 Å². The molecule has 0 aliphatic heterocycles. The maximum Gasteiger partial charge on any atom is 0.216 e.